The first kappa shape index (κ1) is 16.6. The summed E-state index contributed by atoms with van der Waals surface area (Å²) in [5.41, 5.74) is 3.34. The Hall–Kier alpha value is -2.24. The maximum Gasteiger partial charge on any atom is 0.131 e. The average molecular weight is 339 g/mol. The Morgan fingerprint density at radius 3 is 2.67 bits per heavy atom. The van der Waals surface area contributed by atoms with E-state index in [0.717, 1.165) is 41.7 Å². The number of ether oxygens (including phenoxy) is 1. The second kappa shape index (κ2) is 8.57. The zero-order valence-electron chi connectivity index (χ0n) is 13.7. The van der Waals surface area contributed by atoms with E-state index in [9.17, 15) is 0 Å². The van der Waals surface area contributed by atoms with Gasteiger partial charge >= 0.3 is 0 Å². The lowest BCUT2D eigenvalue weighted by Crippen LogP contribution is -2.17. The molecular weight excluding hydrogens is 318 g/mol. The Kier molecular flexibility index (Phi) is 5.93. The number of thiazole rings is 1. The van der Waals surface area contributed by atoms with E-state index < -0.39 is 0 Å². The maximum absolute atomic E-state index is 5.76. The van der Waals surface area contributed by atoms with Gasteiger partial charge in [-0.05, 0) is 36.8 Å². The number of benzene rings is 1. The highest BCUT2D eigenvalue weighted by Gasteiger charge is 2.01. The van der Waals surface area contributed by atoms with Crippen LogP contribution in [0.5, 0.6) is 5.75 Å². The van der Waals surface area contributed by atoms with E-state index in [4.69, 9.17) is 4.74 Å². The van der Waals surface area contributed by atoms with Gasteiger partial charge in [-0.3, -0.25) is 4.98 Å². The summed E-state index contributed by atoms with van der Waals surface area (Å²) in [4.78, 5) is 8.72. The zero-order chi connectivity index (χ0) is 16.6. The highest BCUT2D eigenvalue weighted by molar-refractivity contribution is 7.09. The summed E-state index contributed by atoms with van der Waals surface area (Å²) in [6.07, 6.45) is 2.77. The van der Waals surface area contributed by atoms with Gasteiger partial charge in [-0.1, -0.05) is 18.2 Å². The highest BCUT2D eigenvalue weighted by atomic mass is 32.1. The second-order valence-corrected chi connectivity index (χ2v) is 6.60. The molecule has 0 fully saturated rings. The van der Waals surface area contributed by atoms with E-state index in [1.54, 1.807) is 11.3 Å². The number of nitrogens with one attached hydrogen (secondary N) is 1. The molecule has 0 aliphatic heterocycles. The topological polar surface area (TPSA) is 47.0 Å². The summed E-state index contributed by atoms with van der Waals surface area (Å²) in [6, 6.07) is 14.2. The van der Waals surface area contributed by atoms with E-state index in [2.05, 4.69) is 33.5 Å². The van der Waals surface area contributed by atoms with Gasteiger partial charge in [0.2, 0.25) is 0 Å². The van der Waals surface area contributed by atoms with Crippen molar-refractivity contribution < 1.29 is 4.74 Å². The Labute approximate surface area is 146 Å². The van der Waals surface area contributed by atoms with Crippen molar-refractivity contribution in [1.82, 2.24) is 15.3 Å². The molecule has 0 unspecified atom stereocenters. The molecule has 1 N–H and O–H groups in total. The van der Waals surface area contributed by atoms with Crippen LogP contribution in [-0.2, 0) is 19.6 Å². The molecule has 2 heterocycles. The first-order valence-corrected chi connectivity index (χ1v) is 8.91. The molecule has 0 atom stereocenters. The summed E-state index contributed by atoms with van der Waals surface area (Å²) in [6.45, 7) is 4.28. The average Bonchev–Trinajstić information content (AvgIpc) is 3.04. The first-order chi connectivity index (χ1) is 11.8. The van der Waals surface area contributed by atoms with Crippen molar-refractivity contribution in [2.24, 2.45) is 0 Å². The molecule has 3 rings (SSSR count). The van der Waals surface area contributed by atoms with Gasteiger partial charge in [-0.2, -0.15) is 0 Å². The summed E-state index contributed by atoms with van der Waals surface area (Å²) in [5, 5.41) is 6.55. The first-order valence-electron chi connectivity index (χ1n) is 8.03. The third kappa shape index (κ3) is 5.15. The van der Waals surface area contributed by atoms with Crippen molar-refractivity contribution in [2.45, 2.75) is 26.5 Å². The van der Waals surface area contributed by atoms with Gasteiger partial charge in [0, 0.05) is 36.8 Å². The molecule has 2 aromatic heterocycles. The third-order valence-corrected chi connectivity index (χ3v) is 4.41. The molecule has 0 radical (unpaired) electrons. The minimum Gasteiger partial charge on any atom is -0.487 e. The molecule has 0 saturated heterocycles. The normalized spacial score (nSPS) is 10.7. The SMILES string of the molecule is Cc1nc(COc2ccc(CNCCc3ccccn3)cc2)cs1. The Morgan fingerprint density at radius 1 is 1.08 bits per heavy atom. The molecule has 0 amide bonds. The van der Waals surface area contributed by atoms with Gasteiger partial charge < -0.3 is 10.1 Å². The van der Waals surface area contributed by atoms with Crippen LogP contribution in [0.15, 0.2) is 54.0 Å². The number of aryl methyl sites for hydroxylation is 1. The van der Waals surface area contributed by atoms with Gasteiger partial charge in [0.25, 0.3) is 0 Å². The number of pyridine rings is 1. The lowest BCUT2D eigenvalue weighted by molar-refractivity contribution is 0.302. The van der Waals surface area contributed by atoms with E-state index in [1.165, 1.54) is 5.56 Å². The van der Waals surface area contributed by atoms with Gasteiger partial charge in [-0.25, -0.2) is 4.98 Å². The minimum absolute atomic E-state index is 0.520. The van der Waals surface area contributed by atoms with Crippen LogP contribution in [0.4, 0.5) is 0 Å². The van der Waals surface area contributed by atoms with Crippen LogP contribution in [0.2, 0.25) is 0 Å². The lowest BCUT2D eigenvalue weighted by Gasteiger charge is -2.07. The van der Waals surface area contributed by atoms with Crippen molar-refractivity contribution in [3.63, 3.8) is 0 Å². The van der Waals surface area contributed by atoms with E-state index >= 15 is 0 Å². The molecule has 0 bridgehead atoms. The van der Waals surface area contributed by atoms with E-state index in [1.807, 2.05) is 42.8 Å². The van der Waals surface area contributed by atoms with Gasteiger partial charge in [0.1, 0.15) is 12.4 Å². The molecule has 124 valence electrons. The van der Waals surface area contributed by atoms with Gasteiger partial charge in [0.15, 0.2) is 0 Å². The third-order valence-electron chi connectivity index (χ3n) is 3.59. The predicted octanol–water partition coefficient (Wildman–Crippen LogP) is 3.76. The standard InChI is InChI=1S/C19H21N3OS/c1-15-22-18(14-24-15)13-23-19-7-5-16(6-8-19)12-20-11-9-17-4-2-3-10-21-17/h2-8,10,14,20H,9,11-13H2,1H3. The van der Waals surface area contributed by atoms with Crippen LogP contribution >= 0.6 is 11.3 Å². The van der Waals surface area contributed by atoms with Crippen molar-refractivity contribution in [2.75, 3.05) is 6.54 Å². The highest BCUT2D eigenvalue weighted by Crippen LogP contribution is 2.15. The molecule has 0 saturated carbocycles. The molecule has 0 aliphatic rings. The molecular formula is C19H21N3OS. The number of aromatic nitrogens is 2. The van der Waals surface area contributed by atoms with Crippen molar-refractivity contribution in [1.29, 1.82) is 0 Å². The molecule has 4 nitrogen and oxygen atoms in total. The fourth-order valence-electron chi connectivity index (χ4n) is 2.33. The smallest absolute Gasteiger partial charge is 0.131 e. The summed E-state index contributed by atoms with van der Waals surface area (Å²) >= 11 is 1.65. The van der Waals surface area contributed by atoms with Crippen molar-refractivity contribution in [3.8, 4) is 5.75 Å². The van der Waals surface area contributed by atoms with E-state index in [-0.39, 0.29) is 0 Å². The van der Waals surface area contributed by atoms with Gasteiger partial charge in [0.05, 0.1) is 10.7 Å². The zero-order valence-corrected chi connectivity index (χ0v) is 14.6. The number of hydrogen-bond acceptors (Lipinski definition) is 5. The Morgan fingerprint density at radius 2 is 1.96 bits per heavy atom. The van der Waals surface area contributed by atoms with Crippen LogP contribution in [0.3, 0.4) is 0 Å². The van der Waals surface area contributed by atoms with Crippen molar-refractivity contribution in [3.05, 3.63) is 76.0 Å². The number of nitrogens with zero attached hydrogens (tertiary/aromatic N) is 2. The predicted molar refractivity (Wildman–Crippen MR) is 97.3 cm³/mol. The quantitative estimate of drug-likeness (QED) is 0.635. The molecule has 0 spiro atoms. The minimum atomic E-state index is 0.520. The summed E-state index contributed by atoms with van der Waals surface area (Å²) in [5.74, 6) is 0.873. The van der Waals surface area contributed by atoms with Crippen molar-refractivity contribution >= 4 is 11.3 Å². The molecule has 1 aromatic carbocycles. The Balaban J connectivity index is 1.39. The molecule has 5 heteroatoms. The van der Waals surface area contributed by atoms with E-state index in [0.29, 0.717) is 6.61 Å². The van der Waals surface area contributed by atoms with Crippen LogP contribution in [0.25, 0.3) is 0 Å². The lowest BCUT2D eigenvalue weighted by atomic mass is 10.2. The molecule has 24 heavy (non-hydrogen) atoms. The summed E-state index contributed by atoms with van der Waals surface area (Å²) in [7, 11) is 0. The van der Waals surface area contributed by atoms with Crippen LogP contribution in [0.1, 0.15) is 22.0 Å². The molecule has 3 aromatic rings. The summed E-state index contributed by atoms with van der Waals surface area (Å²) < 4.78 is 5.76. The van der Waals surface area contributed by atoms with Gasteiger partial charge in [-0.15, -0.1) is 11.3 Å². The fraction of sp³-hybridized carbons (Fsp3) is 0.263. The van der Waals surface area contributed by atoms with Crippen LogP contribution in [-0.4, -0.2) is 16.5 Å². The van der Waals surface area contributed by atoms with Crippen LogP contribution < -0.4 is 10.1 Å². The maximum atomic E-state index is 5.76. The van der Waals surface area contributed by atoms with Crippen LogP contribution in [0, 0.1) is 6.92 Å². The number of hydrogen-bond donors (Lipinski definition) is 1. The largest absolute Gasteiger partial charge is 0.487 e. The monoisotopic (exact) mass is 339 g/mol. The Bertz CT molecular complexity index is 741. The number of rotatable bonds is 8. The molecule has 0 aliphatic carbocycles. The fourth-order valence-corrected chi connectivity index (χ4v) is 2.93. The second-order valence-electron chi connectivity index (χ2n) is 5.54.